The maximum atomic E-state index is 13.0. The molecule has 0 radical (unpaired) electrons. The highest BCUT2D eigenvalue weighted by Crippen LogP contribution is 2.34. The summed E-state index contributed by atoms with van der Waals surface area (Å²) >= 11 is 0. The molecule has 0 aliphatic carbocycles. The van der Waals surface area contributed by atoms with Gasteiger partial charge in [-0.25, -0.2) is 0 Å². The van der Waals surface area contributed by atoms with Gasteiger partial charge in [0.2, 0.25) is 0 Å². The monoisotopic (exact) mass is 478 g/mol. The van der Waals surface area contributed by atoms with Crippen molar-refractivity contribution in [1.82, 2.24) is 4.90 Å². The third kappa shape index (κ3) is 6.65. The number of unbranched alkanes of at least 4 members (excludes halogenated alkanes) is 1. The molecule has 186 valence electrons. The molecule has 0 amide bonds. The fraction of sp³-hybridized carbons (Fsp3) is 0.500. The maximum Gasteiger partial charge on any atom is 0.416 e. The van der Waals surface area contributed by atoms with E-state index in [1.54, 1.807) is 6.07 Å². The number of halogens is 3. The largest absolute Gasteiger partial charge is 0.493 e. The van der Waals surface area contributed by atoms with Crippen molar-refractivity contribution in [2.24, 2.45) is 0 Å². The standard InChI is InChI=1S/C26H33F3N2O3/c1-18-16-24(19(2)20(3)25(18)34-21(4)32)33-15-6-5-10-30-11-13-31(14-12-30)23-9-7-8-22(17-23)26(27,28)29/h7-9,16-17H,5-6,10-15H2,1-4H3. The summed E-state index contributed by atoms with van der Waals surface area (Å²) in [7, 11) is 0. The predicted octanol–water partition coefficient (Wildman–Crippen LogP) is 5.54. The highest BCUT2D eigenvalue weighted by atomic mass is 19.4. The molecule has 0 N–H and O–H groups in total. The summed E-state index contributed by atoms with van der Waals surface area (Å²) < 4.78 is 50.3. The van der Waals surface area contributed by atoms with E-state index < -0.39 is 11.7 Å². The number of anilines is 1. The smallest absolute Gasteiger partial charge is 0.416 e. The van der Waals surface area contributed by atoms with Crippen molar-refractivity contribution in [3.05, 3.63) is 52.6 Å². The highest BCUT2D eigenvalue weighted by molar-refractivity contribution is 5.71. The lowest BCUT2D eigenvalue weighted by Gasteiger charge is -2.36. The van der Waals surface area contributed by atoms with Gasteiger partial charge in [-0.05, 0) is 81.1 Å². The molecule has 1 aliphatic heterocycles. The Morgan fingerprint density at radius 2 is 1.71 bits per heavy atom. The minimum Gasteiger partial charge on any atom is -0.493 e. The van der Waals surface area contributed by atoms with E-state index in [0.29, 0.717) is 31.1 Å². The van der Waals surface area contributed by atoms with Gasteiger partial charge in [-0.1, -0.05) is 6.07 Å². The SMILES string of the molecule is CC(=O)Oc1c(C)cc(OCCCCN2CCN(c3cccc(C(F)(F)F)c3)CC2)c(C)c1C. The summed E-state index contributed by atoms with van der Waals surface area (Å²) in [6.45, 7) is 11.8. The van der Waals surface area contributed by atoms with Gasteiger partial charge in [0.05, 0.1) is 12.2 Å². The van der Waals surface area contributed by atoms with Gasteiger partial charge >= 0.3 is 12.1 Å². The molecule has 34 heavy (non-hydrogen) atoms. The van der Waals surface area contributed by atoms with E-state index >= 15 is 0 Å². The van der Waals surface area contributed by atoms with Crippen molar-refractivity contribution in [2.75, 3.05) is 44.2 Å². The Balaban J connectivity index is 1.41. The van der Waals surface area contributed by atoms with Gasteiger partial charge in [0.25, 0.3) is 0 Å². The molecule has 5 nitrogen and oxygen atoms in total. The number of aryl methyl sites for hydroxylation is 1. The molecule has 0 saturated carbocycles. The molecule has 1 saturated heterocycles. The molecule has 0 aromatic heterocycles. The zero-order valence-corrected chi connectivity index (χ0v) is 20.3. The molecule has 1 fully saturated rings. The van der Waals surface area contributed by atoms with Gasteiger partial charge in [-0.3, -0.25) is 9.69 Å². The van der Waals surface area contributed by atoms with Crippen molar-refractivity contribution < 1.29 is 27.4 Å². The molecule has 2 aromatic carbocycles. The number of ether oxygens (including phenoxy) is 2. The average Bonchev–Trinajstić information content (AvgIpc) is 2.79. The van der Waals surface area contributed by atoms with Gasteiger partial charge in [0.15, 0.2) is 0 Å². The highest BCUT2D eigenvalue weighted by Gasteiger charge is 2.31. The number of benzene rings is 2. The Morgan fingerprint density at radius 3 is 2.35 bits per heavy atom. The first kappa shape index (κ1) is 25.9. The van der Waals surface area contributed by atoms with E-state index in [1.165, 1.54) is 19.1 Å². The average molecular weight is 479 g/mol. The molecule has 1 heterocycles. The quantitative estimate of drug-likeness (QED) is 0.283. The van der Waals surface area contributed by atoms with Crippen LogP contribution in [0.5, 0.6) is 11.5 Å². The molecule has 3 rings (SSSR count). The first-order valence-corrected chi connectivity index (χ1v) is 11.6. The van der Waals surface area contributed by atoms with Crippen molar-refractivity contribution in [2.45, 2.75) is 46.7 Å². The lowest BCUT2D eigenvalue weighted by molar-refractivity contribution is -0.137. The fourth-order valence-corrected chi connectivity index (χ4v) is 4.20. The lowest BCUT2D eigenvalue weighted by Crippen LogP contribution is -2.46. The van der Waals surface area contributed by atoms with Crippen LogP contribution in [0.2, 0.25) is 0 Å². The molecular formula is C26H33F3N2O3. The minimum absolute atomic E-state index is 0.338. The number of hydrogen-bond donors (Lipinski definition) is 0. The van der Waals surface area contributed by atoms with Gasteiger partial charge < -0.3 is 14.4 Å². The van der Waals surface area contributed by atoms with Crippen LogP contribution in [0.3, 0.4) is 0 Å². The molecule has 0 atom stereocenters. The van der Waals surface area contributed by atoms with E-state index in [-0.39, 0.29) is 5.97 Å². The number of hydrogen-bond acceptors (Lipinski definition) is 5. The number of nitrogens with zero attached hydrogens (tertiary/aromatic N) is 2. The molecular weight excluding hydrogens is 445 g/mol. The summed E-state index contributed by atoms with van der Waals surface area (Å²) in [4.78, 5) is 15.7. The lowest BCUT2D eigenvalue weighted by atomic mass is 10.0. The summed E-state index contributed by atoms with van der Waals surface area (Å²) in [5, 5.41) is 0. The number of carbonyl (C=O) groups excluding carboxylic acids is 1. The summed E-state index contributed by atoms with van der Waals surface area (Å²) in [6.07, 6.45) is -2.44. The number of alkyl halides is 3. The zero-order chi connectivity index (χ0) is 24.9. The molecule has 1 aliphatic rings. The van der Waals surface area contributed by atoms with Gasteiger partial charge in [0, 0.05) is 38.8 Å². The number of esters is 1. The van der Waals surface area contributed by atoms with E-state index in [2.05, 4.69) is 4.90 Å². The molecule has 0 spiro atoms. The third-order valence-corrected chi connectivity index (χ3v) is 6.26. The van der Waals surface area contributed by atoms with Crippen LogP contribution in [0, 0.1) is 20.8 Å². The van der Waals surface area contributed by atoms with Crippen LogP contribution in [0.25, 0.3) is 0 Å². The number of rotatable bonds is 8. The first-order chi connectivity index (χ1) is 16.1. The normalized spacial score (nSPS) is 14.9. The Morgan fingerprint density at radius 1 is 1.00 bits per heavy atom. The van der Waals surface area contributed by atoms with Crippen LogP contribution in [0.15, 0.2) is 30.3 Å². The second kappa shape index (κ2) is 11.1. The molecule has 0 unspecified atom stereocenters. The van der Waals surface area contributed by atoms with Crippen molar-refractivity contribution in [3.8, 4) is 11.5 Å². The number of piperazine rings is 1. The van der Waals surface area contributed by atoms with Crippen molar-refractivity contribution in [3.63, 3.8) is 0 Å². The second-order valence-electron chi connectivity index (χ2n) is 8.80. The van der Waals surface area contributed by atoms with Gasteiger partial charge in [-0.2, -0.15) is 13.2 Å². The Labute approximate surface area is 199 Å². The van der Waals surface area contributed by atoms with Crippen molar-refractivity contribution in [1.29, 1.82) is 0 Å². The molecule has 2 aromatic rings. The van der Waals surface area contributed by atoms with Crippen LogP contribution in [-0.2, 0) is 11.0 Å². The van der Waals surface area contributed by atoms with Crippen LogP contribution in [-0.4, -0.2) is 50.2 Å². The Hall–Kier alpha value is -2.74. The Bertz CT molecular complexity index is 1000. The van der Waals surface area contributed by atoms with Crippen LogP contribution in [0.4, 0.5) is 18.9 Å². The summed E-state index contributed by atoms with van der Waals surface area (Å²) in [5.41, 5.74) is 2.76. The molecule has 0 bridgehead atoms. The van der Waals surface area contributed by atoms with Crippen LogP contribution < -0.4 is 14.4 Å². The predicted molar refractivity (Wildman–Crippen MR) is 127 cm³/mol. The topological polar surface area (TPSA) is 42.0 Å². The molecule has 8 heteroatoms. The van der Waals surface area contributed by atoms with Crippen LogP contribution >= 0.6 is 0 Å². The van der Waals surface area contributed by atoms with E-state index in [1.807, 2.05) is 31.7 Å². The van der Waals surface area contributed by atoms with Gasteiger partial charge in [0.1, 0.15) is 11.5 Å². The summed E-state index contributed by atoms with van der Waals surface area (Å²) in [5.74, 6) is 1.07. The zero-order valence-electron chi connectivity index (χ0n) is 20.3. The fourth-order valence-electron chi connectivity index (χ4n) is 4.20. The van der Waals surface area contributed by atoms with Crippen LogP contribution in [0.1, 0.15) is 42.0 Å². The minimum atomic E-state index is -4.32. The summed E-state index contributed by atoms with van der Waals surface area (Å²) in [6, 6.07) is 7.47. The first-order valence-electron chi connectivity index (χ1n) is 11.6. The maximum absolute atomic E-state index is 13.0. The second-order valence-corrected chi connectivity index (χ2v) is 8.80. The van der Waals surface area contributed by atoms with E-state index in [9.17, 15) is 18.0 Å². The van der Waals surface area contributed by atoms with Gasteiger partial charge in [-0.15, -0.1) is 0 Å². The van der Waals surface area contributed by atoms with Crippen molar-refractivity contribution >= 4 is 11.7 Å². The number of carbonyl (C=O) groups is 1. The third-order valence-electron chi connectivity index (χ3n) is 6.26. The Kier molecular flexibility index (Phi) is 8.47. The van der Waals surface area contributed by atoms with E-state index in [0.717, 1.165) is 61.0 Å². The van der Waals surface area contributed by atoms with E-state index in [4.69, 9.17) is 9.47 Å².